The molecule has 0 spiro atoms. The highest BCUT2D eigenvalue weighted by molar-refractivity contribution is 5.38. The Morgan fingerprint density at radius 1 is 1.44 bits per heavy atom. The van der Waals surface area contributed by atoms with Crippen LogP contribution in [0.1, 0.15) is 31.4 Å². The molecule has 3 nitrogen and oxygen atoms in total. The Kier molecular flexibility index (Phi) is 3.80. The van der Waals surface area contributed by atoms with Gasteiger partial charge in [0.2, 0.25) is 0 Å². The lowest BCUT2D eigenvalue weighted by Crippen LogP contribution is -2.38. The molecule has 1 aliphatic heterocycles. The molecule has 0 saturated carbocycles. The average molecular weight is 221 g/mol. The second-order valence-corrected chi connectivity index (χ2v) is 4.14. The molecule has 0 saturated heterocycles. The van der Waals surface area contributed by atoms with Crippen molar-refractivity contribution in [2.24, 2.45) is 5.73 Å². The number of fused-ring (bicyclic) bond motifs is 1. The maximum absolute atomic E-state index is 6.17. The molecular formula is C13H19NO2. The van der Waals surface area contributed by atoms with Gasteiger partial charge in [0.05, 0.1) is 6.04 Å². The zero-order valence-electron chi connectivity index (χ0n) is 9.69. The molecule has 3 heteroatoms. The summed E-state index contributed by atoms with van der Waals surface area (Å²) < 4.78 is 11.4. The van der Waals surface area contributed by atoms with E-state index in [0.29, 0.717) is 6.61 Å². The van der Waals surface area contributed by atoms with Crippen molar-refractivity contribution in [3.05, 3.63) is 29.8 Å². The zero-order chi connectivity index (χ0) is 11.4. The molecule has 16 heavy (non-hydrogen) atoms. The third kappa shape index (κ3) is 2.36. The smallest absolute Gasteiger partial charge is 0.124 e. The number of rotatable bonds is 4. The number of nitrogens with two attached hydrogens (primary N) is 1. The SMILES string of the molecule is CCCCOC1COc2ccccc2C1N. The van der Waals surface area contributed by atoms with Gasteiger partial charge in [0.25, 0.3) is 0 Å². The Balaban J connectivity index is 2.00. The van der Waals surface area contributed by atoms with Gasteiger partial charge in [-0.05, 0) is 12.5 Å². The summed E-state index contributed by atoms with van der Waals surface area (Å²) in [5, 5.41) is 0. The molecule has 0 amide bonds. The minimum Gasteiger partial charge on any atom is -0.490 e. The van der Waals surface area contributed by atoms with Crippen LogP contribution in [0.2, 0.25) is 0 Å². The predicted molar refractivity (Wildman–Crippen MR) is 63.5 cm³/mol. The molecular weight excluding hydrogens is 202 g/mol. The molecule has 2 unspecified atom stereocenters. The van der Waals surface area contributed by atoms with Crippen LogP contribution >= 0.6 is 0 Å². The number of unbranched alkanes of at least 4 members (excludes halogenated alkanes) is 1. The van der Waals surface area contributed by atoms with Crippen molar-refractivity contribution in [2.75, 3.05) is 13.2 Å². The van der Waals surface area contributed by atoms with Crippen LogP contribution in [-0.4, -0.2) is 19.3 Å². The van der Waals surface area contributed by atoms with Crippen LogP contribution in [0.5, 0.6) is 5.75 Å². The third-order valence-electron chi connectivity index (χ3n) is 2.91. The van der Waals surface area contributed by atoms with Gasteiger partial charge in [-0.15, -0.1) is 0 Å². The van der Waals surface area contributed by atoms with Gasteiger partial charge in [-0.2, -0.15) is 0 Å². The summed E-state index contributed by atoms with van der Waals surface area (Å²) in [5.74, 6) is 0.894. The van der Waals surface area contributed by atoms with Crippen molar-refractivity contribution in [1.82, 2.24) is 0 Å². The van der Waals surface area contributed by atoms with Crippen LogP contribution in [0.25, 0.3) is 0 Å². The summed E-state index contributed by atoms with van der Waals surface area (Å²) >= 11 is 0. The van der Waals surface area contributed by atoms with E-state index in [1.54, 1.807) is 0 Å². The van der Waals surface area contributed by atoms with Crippen LogP contribution in [0, 0.1) is 0 Å². The Bertz CT molecular complexity index is 340. The quantitative estimate of drug-likeness (QED) is 0.793. The van der Waals surface area contributed by atoms with Crippen molar-refractivity contribution in [3.8, 4) is 5.75 Å². The number of hydrogen-bond acceptors (Lipinski definition) is 3. The topological polar surface area (TPSA) is 44.5 Å². The Hall–Kier alpha value is -1.06. The maximum Gasteiger partial charge on any atom is 0.124 e. The number of benzene rings is 1. The van der Waals surface area contributed by atoms with E-state index in [1.807, 2.05) is 24.3 Å². The second-order valence-electron chi connectivity index (χ2n) is 4.14. The third-order valence-corrected chi connectivity index (χ3v) is 2.91. The van der Waals surface area contributed by atoms with Crippen molar-refractivity contribution in [3.63, 3.8) is 0 Å². The van der Waals surface area contributed by atoms with E-state index >= 15 is 0 Å². The van der Waals surface area contributed by atoms with E-state index < -0.39 is 0 Å². The summed E-state index contributed by atoms with van der Waals surface area (Å²) in [5.41, 5.74) is 7.22. The largest absolute Gasteiger partial charge is 0.490 e. The predicted octanol–water partition coefficient (Wildman–Crippen LogP) is 2.26. The van der Waals surface area contributed by atoms with Crippen molar-refractivity contribution in [2.45, 2.75) is 31.9 Å². The molecule has 1 aromatic carbocycles. The fourth-order valence-corrected chi connectivity index (χ4v) is 1.89. The number of hydrogen-bond donors (Lipinski definition) is 1. The van der Waals surface area contributed by atoms with E-state index in [1.165, 1.54) is 0 Å². The van der Waals surface area contributed by atoms with Gasteiger partial charge in [0, 0.05) is 12.2 Å². The van der Waals surface area contributed by atoms with E-state index in [-0.39, 0.29) is 12.1 Å². The highest BCUT2D eigenvalue weighted by Gasteiger charge is 2.28. The summed E-state index contributed by atoms with van der Waals surface area (Å²) in [6, 6.07) is 7.84. The van der Waals surface area contributed by atoms with Gasteiger partial charge in [-0.3, -0.25) is 0 Å². The fourth-order valence-electron chi connectivity index (χ4n) is 1.89. The molecule has 2 rings (SSSR count). The average Bonchev–Trinajstić information content (AvgIpc) is 2.33. The summed E-state index contributed by atoms with van der Waals surface area (Å²) in [4.78, 5) is 0. The van der Waals surface area contributed by atoms with Crippen molar-refractivity contribution in [1.29, 1.82) is 0 Å². The molecule has 0 fully saturated rings. The van der Waals surface area contributed by atoms with E-state index in [0.717, 1.165) is 30.8 Å². The molecule has 1 aliphatic rings. The highest BCUT2D eigenvalue weighted by Crippen LogP contribution is 2.31. The number of para-hydroxylation sites is 1. The van der Waals surface area contributed by atoms with Gasteiger partial charge < -0.3 is 15.2 Å². The molecule has 0 radical (unpaired) electrons. The molecule has 0 aliphatic carbocycles. The summed E-state index contributed by atoms with van der Waals surface area (Å²) in [7, 11) is 0. The first-order valence-electron chi connectivity index (χ1n) is 5.92. The molecule has 1 heterocycles. The second kappa shape index (κ2) is 5.32. The molecule has 0 aromatic heterocycles. The van der Waals surface area contributed by atoms with Gasteiger partial charge in [-0.1, -0.05) is 31.5 Å². The monoisotopic (exact) mass is 221 g/mol. The minimum absolute atomic E-state index is 0.0125. The first-order valence-corrected chi connectivity index (χ1v) is 5.92. The Morgan fingerprint density at radius 3 is 3.06 bits per heavy atom. The minimum atomic E-state index is -0.0678. The highest BCUT2D eigenvalue weighted by atomic mass is 16.5. The Morgan fingerprint density at radius 2 is 2.25 bits per heavy atom. The summed E-state index contributed by atoms with van der Waals surface area (Å²) in [6.45, 7) is 3.47. The van der Waals surface area contributed by atoms with Gasteiger partial charge >= 0.3 is 0 Å². The van der Waals surface area contributed by atoms with E-state index in [4.69, 9.17) is 15.2 Å². The fraction of sp³-hybridized carbons (Fsp3) is 0.538. The zero-order valence-corrected chi connectivity index (χ0v) is 9.69. The van der Waals surface area contributed by atoms with Crippen LogP contribution in [0.4, 0.5) is 0 Å². The lowest BCUT2D eigenvalue weighted by atomic mass is 9.99. The maximum atomic E-state index is 6.17. The molecule has 88 valence electrons. The Labute approximate surface area is 96.5 Å². The van der Waals surface area contributed by atoms with Gasteiger partial charge in [-0.25, -0.2) is 0 Å². The van der Waals surface area contributed by atoms with Crippen LogP contribution < -0.4 is 10.5 Å². The normalized spacial score (nSPS) is 23.6. The lowest BCUT2D eigenvalue weighted by molar-refractivity contribution is -0.00783. The van der Waals surface area contributed by atoms with Crippen molar-refractivity contribution >= 4 is 0 Å². The van der Waals surface area contributed by atoms with Crippen LogP contribution in [0.15, 0.2) is 24.3 Å². The standard InChI is InChI=1S/C13H19NO2/c1-2-3-8-15-12-9-16-11-7-5-4-6-10(11)13(12)14/h4-7,12-13H,2-3,8-9,14H2,1H3. The molecule has 0 bridgehead atoms. The van der Waals surface area contributed by atoms with Crippen LogP contribution in [0.3, 0.4) is 0 Å². The number of ether oxygens (including phenoxy) is 2. The summed E-state index contributed by atoms with van der Waals surface area (Å²) in [6.07, 6.45) is 2.20. The molecule has 2 N–H and O–H groups in total. The van der Waals surface area contributed by atoms with E-state index in [9.17, 15) is 0 Å². The van der Waals surface area contributed by atoms with Gasteiger partial charge in [0.1, 0.15) is 18.5 Å². The van der Waals surface area contributed by atoms with Crippen LogP contribution in [-0.2, 0) is 4.74 Å². The molecule has 2 atom stereocenters. The van der Waals surface area contributed by atoms with E-state index in [2.05, 4.69) is 6.92 Å². The molecule has 1 aromatic rings. The lowest BCUT2D eigenvalue weighted by Gasteiger charge is -2.31. The first-order chi connectivity index (χ1) is 7.83. The van der Waals surface area contributed by atoms with Gasteiger partial charge in [0.15, 0.2) is 0 Å². The first kappa shape index (κ1) is 11.4. The van der Waals surface area contributed by atoms with Crippen molar-refractivity contribution < 1.29 is 9.47 Å².